The molecule has 0 bridgehead atoms. The monoisotopic (exact) mass is 348 g/mol. The maximum atomic E-state index is 11.9. The van der Waals surface area contributed by atoms with Gasteiger partial charge in [-0.2, -0.15) is 13.2 Å². The molecule has 0 radical (unpaired) electrons. The van der Waals surface area contributed by atoms with Crippen molar-refractivity contribution in [3.63, 3.8) is 0 Å². The highest BCUT2D eigenvalue weighted by Crippen LogP contribution is 2.31. The van der Waals surface area contributed by atoms with E-state index in [2.05, 4.69) is 5.32 Å². The molecule has 1 heterocycles. The molecule has 0 saturated carbocycles. The van der Waals surface area contributed by atoms with E-state index in [0.717, 1.165) is 0 Å². The lowest BCUT2D eigenvalue weighted by molar-refractivity contribution is -0.122. The molecule has 2 rings (SSSR count). The van der Waals surface area contributed by atoms with E-state index in [-0.39, 0.29) is 49.5 Å². The van der Waals surface area contributed by atoms with Gasteiger partial charge in [0.05, 0.1) is 5.69 Å². The predicted octanol–water partition coefficient (Wildman–Crippen LogP) is 2.17. The molecule has 0 saturated heterocycles. The summed E-state index contributed by atoms with van der Waals surface area (Å²) in [5.41, 5.74) is -3.71. The summed E-state index contributed by atoms with van der Waals surface area (Å²) in [6, 6.07) is 6.97. The van der Waals surface area contributed by atoms with Crippen molar-refractivity contribution in [3.8, 4) is 5.75 Å². The van der Waals surface area contributed by atoms with Crippen LogP contribution in [0.25, 0.3) is 0 Å². The van der Waals surface area contributed by atoms with Crippen LogP contribution >= 0.6 is 11.8 Å². The SMILES string of the molecule is O=C(CCN1C(=O)COc2ccccc21)NCCSC(F)(F)F. The Morgan fingerprint density at radius 3 is 2.83 bits per heavy atom. The number of carbonyl (C=O) groups is 2. The minimum Gasteiger partial charge on any atom is -0.482 e. The molecule has 1 aliphatic rings. The molecule has 23 heavy (non-hydrogen) atoms. The van der Waals surface area contributed by atoms with E-state index in [1.165, 1.54) is 4.90 Å². The number of carbonyl (C=O) groups excluding carboxylic acids is 2. The number of benzene rings is 1. The van der Waals surface area contributed by atoms with Crippen LogP contribution in [0.4, 0.5) is 18.9 Å². The van der Waals surface area contributed by atoms with Crippen molar-refractivity contribution < 1.29 is 27.5 Å². The van der Waals surface area contributed by atoms with E-state index in [4.69, 9.17) is 4.74 Å². The zero-order chi connectivity index (χ0) is 16.9. The standard InChI is InChI=1S/C14H15F3N2O3S/c15-14(16,17)23-8-6-18-12(20)5-7-19-10-3-1-2-4-11(10)22-9-13(19)21/h1-4H,5-9H2,(H,18,20). The normalized spacial score (nSPS) is 14.2. The van der Waals surface area contributed by atoms with E-state index >= 15 is 0 Å². The van der Waals surface area contributed by atoms with Crippen LogP contribution in [0.2, 0.25) is 0 Å². The highest BCUT2D eigenvalue weighted by molar-refractivity contribution is 8.00. The van der Waals surface area contributed by atoms with Crippen molar-refractivity contribution in [3.05, 3.63) is 24.3 Å². The number of para-hydroxylation sites is 2. The molecule has 1 aromatic rings. The molecule has 2 amide bonds. The number of nitrogens with zero attached hydrogens (tertiary/aromatic N) is 1. The average Bonchev–Trinajstić information content (AvgIpc) is 2.49. The number of fused-ring (bicyclic) bond motifs is 1. The topological polar surface area (TPSA) is 58.6 Å². The molecule has 1 aromatic carbocycles. The quantitative estimate of drug-likeness (QED) is 0.801. The number of amides is 2. The zero-order valence-electron chi connectivity index (χ0n) is 12.1. The highest BCUT2D eigenvalue weighted by atomic mass is 32.2. The van der Waals surface area contributed by atoms with Crippen molar-refractivity contribution in [2.45, 2.75) is 11.9 Å². The van der Waals surface area contributed by atoms with Gasteiger partial charge in [0.1, 0.15) is 5.75 Å². The second-order valence-electron chi connectivity index (χ2n) is 4.70. The zero-order valence-corrected chi connectivity index (χ0v) is 12.9. The Kier molecular flexibility index (Phi) is 5.75. The Morgan fingerprint density at radius 1 is 1.35 bits per heavy atom. The second-order valence-corrected chi connectivity index (χ2v) is 5.86. The molecule has 5 nitrogen and oxygen atoms in total. The first-order chi connectivity index (χ1) is 10.9. The number of alkyl halides is 3. The van der Waals surface area contributed by atoms with E-state index < -0.39 is 11.4 Å². The van der Waals surface area contributed by atoms with Crippen molar-refractivity contribution in [1.82, 2.24) is 5.32 Å². The average molecular weight is 348 g/mol. The molecule has 0 fully saturated rings. The molecule has 0 atom stereocenters. The molecule has 126 valence electrons. The first-order valence-electron chi connectivity index (χ1n) is 6.86. The van der Waals surface area contributed by atoms with Crippen LogP contribution in [-0.2, 0) is 9.59 Å². The van der Waals surface area contributed by atoms with Crippen LogP contribution in [0.15, 0.2) is 24.3 Å². The van der Waals surface area contributed by atoms with Crippen LogP contribution in [-0.4, -0.2) is 42.8 Å². The van der Waals surface area contributed by atoms with Crippen molar-refractivity contribution in [2.75, 3.05) is 30.3 Å². The first kappa shape index (κ1) is 17.5. The van der Waals surface area contributed by atoms with Gasteiger partial charge in [-0.25, -0.2) is 0 Å². The highest BCUT2D eigenvalue weighted by Gasteiger charge is 2.28. The number of hydrogen-bond donors (Lipinski definition) is 1. The Morgan fingerprint density at radius 2 is 2.09 bits per heavy atom. The summed E-state index contributed by atoms with van der Waals surface area (Å²) in [4.78, 5) is 25.0. The number of nitrogens with one attached hydrogen (secondary N) is 1. The Labute approximate surface area is 135 Å². The van der Waals surface area contributed by atoms with Gasteiger partial charge in [0.25, 0.3) is 5.91 Å². The fourth-order valence-corrected chi connectivity index (χ4v) is 2.49. The lowest BCUT2D eigenvalue weighted by atomic mass is 10.2. The molecule has 0 unspecified atom stereocenters. The minimum atomic E-state index is -4.30. The Hall–Kier alpha value is -1.90. The number of ether oxygens (including phenoxy) is 1. The summed E-state index contributed by atoms with van der Waals surface area (Å²) in [5, 5.41) is 2.40. The van der Waals surface area contributed by atoms with Gasteiger partial charge in [-0.1, -0.05) is 12.1 Å². The van der Waals surface area contributed by atoms with Crippen LogP contribution in [0.3, 0.4) is 0 Å². The van der Waals surface area contributed by atoms with Crippen molar-refractivity contribution in [2.24, 2.45) is 0 Å². The lowest BCUT2D eigenvalue weighted by Crippen LogP contribution is -2.41. The summed E-state index contributed by atoms with van der Waals surface area (Å²) >= 11 is -0.183. The Bertz CT molecular complexity index is 581. The third-order valence-electron chi connectivity index (χ3n) is 3.06. The number of anilines is 1. The molecular weight excluding hydrogens is 333 g/mol. The van der Waals surface area contributed by atoms with Gasteiger partial charge in [0.2, 0.25) is 5.91 Å². The third kappa shape index (κ3) is 5.34. The van der Waals surface area contributed by atoms with Gasteiger partial charge < -0.3 is 15.0 Å². The maximum absolute atomic E-state index is 11.9. The molecule has 0 aliphatic carbocycles. The molecule has 0 aromatic heterocycles. The first-order valence-corrected chi connectivity index (χ1v) is 7.85. The van der Waals surface area contributed by atoms with Gasteiger partial charge in [-0.3, -0.25) is 9.59 Å². The number of rotatable bonds is 6. The van der Waals surface area contributed by atoms with Gasteiger partial charge in [-0.05, 0) is 23.9 Å². The van der Waals surface area contributed by atoms with E-state index in [1.807, 2.05) is 0 Å². The predicted molar refractivity (Wildman–Crippen MR) is 80.4 cm³/mol. The minimum absolute atomic E-state index is 0.0107. The molecular formula is C14H15F3N2O3S. The Balaban J connectivity index is 1.79. The summed E-state index contributed by atoms with van der Waals surface area (Å²) < 4.78 is 41.1. The van der Waals surface area contributed by atoms with E-state index in [9.17, 15) is 22.8 Å². The van der Waals surface area contributed by atoms with Crippen molar-refractivity contribution in [1.29, 1.82) is 0 Å². The lowest BCUT2D eigenvalue weighted by Gasteiger charge is -2.29. The number of hydrogen-bond acceptors (Lipinski definition) is 4. The molecule has 0 spiro atoms. The largest absolute Gasteiger partial charge is 0.482 e. The smallest absolute Gasteiger partial charge is 0.441 e. The summed E-state index contributed by atoms with van der Waals surface area (Å²) in [6.45, 7) is -0.0189. The van der Waals surface area contributed by atoms with Gasteiger partial charge >= 0.3 is 5.51 Å². The summed E-state index contributed by atoms with van der Waals surface area (Å²) in [7, 11) is 0. The fourth-order valence-electron chi connectivity index (χ4n) is 2.06. The van der Waals surface area contributed by atoms with E-state index in [1.54, 1.807) is 24.3 Å². The van der Waals surface area contributed by atoms with Gasteiger partial charge in [0.15, 0.2) is 6.61 Å². The summed E-state index contributed by atoms with van der Waals surface area (Å²) in [5.74, 6) is -0.336. The van der Waals surface area contributed by atoms with Crippen molar-refractivity contribution >= 4 is 29.3 Å². The number of thioether (sulfide) groups is 1. The van der Waals surface area contributed by atoms with E-state index in [0.29, 0.717) is 11.4 Å². The van der Waals surface area contributed by atoms with Gasteiger partial charge in [0, 0.05) is 25.3 Å². The van der Waals surface area contributed by atoms with Crippen LogP contribution in [0.5, 0.6) is 5.75 Å². The van der Waals surface area contributed by atoms with Gasteiger partial charge in [-0.15, -0.1) is 0 Å². The fraction of sp³-hybridized carbons (Fsp3) is 0.429. The van der Waals surface area contributed by atoms with Crippen LogP contribution in [0.1, 0.15) is 6.42 Å². The second kappa shape index (κ2) is 7.58. The molecule has 9 heteroatoms. The molecule has 1 aliphatic heterocycles. The maximum Gasteiger partial charge on any atom is 0.441 e. The third-order valence-corrected chi connectivity index (χ3v) is 3.80. The van der Waals surface area contributed by atoms with Crippen LogP contribution in [0, 0.1) is 0 Å². The molecule has 1 N–H and O–H groups in total. The number of halogens is 3. The van der Waals surface area contributed by atoms with Crippen LogP contribution < -0.4 is 15.0 Å². The summed E-state index contributed by atoms with van der Waals surface area (Å²) in [6.07, 6.45) is 0.0107.